The van der Waals surface area contributed by atoms with Crippen molar-refractivity contribution in [2.75, 3.05) is 0 Å². The van der Waals surface area contributed by atoms with Crippen molar-refractivity contribution in [2.45, 2.75) is 6.92 Å². The van der Waals surface area contributed by atoms with Crippen LogP contribution in [0.15, 0.2) is 84.0 Å². The number of aryl methyl sites for hydroxylation is 2. The van der Waals surface area contributed by atoms with Gasteiger partial charge in [-0.25, -0.2) is 4.99 Å². The lowest BCUT2D eigenvalue weighted by Gasteiger charge is -2.08. The van der Waals surface area contributed by atoms with E-state index in [1.807, 2.05) is 54.3 Å². The molecule has 0 fully saturated rings. The van der Waals surface area contributed by atoms with Gasteiger partial charge in [0, 0.05) is 29.8 Å². The van der Waals surface area contributed by atoms with Crippen LogP contribution in [-0.2, 0) is 7.05 Å². The summed E-state index contributed by atoms with van der Waals surface area (Å²) in [6.45, 7) is 2.08. The molecular formula is C22H19N3. The van der Waals surface area contributed by atoms with Crippen LogP contribution < -0.4 is 0 Å². The quantitative estimate of drug-likeness (QED) is 0.485. The Morgan fingerprint density at radius 3 is 2.08 bits per heavy atom. The van der Waals surface area contributed by atoms with Gasteiger partial charge in [0.2, 0.25) is 0 Å². The maximum Gasteiger partial charge on any atom is 0.0953 e. The Morgan fingerprint density at radius 1 is 0.880 bits per heavy atom. The zero-order valence-electron chi connectivity index (χ0n) is 14.3. The van der Waals surface area contributed by atoms with E-state index in [1.165, 1.54) is 0 Å². The van der Waals surface area contributed by atoms with Crippen LogP contribution in [0.25, 0.3) is 10.9 Å². The topological polar surface area (TPSA) is 30.2 Å². The van der Waals surface area contributed by atoms with Gasteiger partial charge in [0.25, 0.3) is 0 Å². The lowest BCUT2D eigenvalue weighted by Crippen LogP contribution is -2.02. The van der Waals surface area contributed by atoms with E-state index in [-0.39, 0.29) is 0 Å². The lowest BCUT2D eigenvalue weighted by molar-refractivity contribution is 0.779. The number of aliphatic imine (C=N–C) groups is 1. The highest BCUT2D eigenvalue weighted by Crippen LogP contribution is 2.26. The van der Waals surface area contributed by atoms with Gasteiger partial charge in [-0.15, -0.1) is 0 Å². The molecule has 0 spiro atoms. The van der Waals surface area contributed by atoms with Gasteiger partial charge in [0.05, 0.1) is 16.9 Å². The Hall–Kier alpha value is -3.20. The standard InChI is InChI=1S/C22H19N3/c1-16-13-20(14-19-15-25(2)24-21(16)19)23-22(17-9-5-3-6-10-17)18-11-7-4-8-12-18/h3-15H,1-2H3. The molecule has 0 aliphatic heterocycles. The Morgan fingerprint density at radius 2 is 1.48 bits per heavy atom. The Labute approximate surface area is 147 Å². The first-order valence-electron chi connectivity index (χ1n) is 8.34. The van der Waals surface area contributed by atoms with Gasteiger partial charge in [-0.3, -0.25) is 4.68 Å². The molecule has 4 rings (SSSR count). The second-order valence-electron chi connectivity index (χ2n) is 6.20. The van der Waals surface area contributed by atoms with Crippen LogP contribution in [0.1, 0.15) is 16.7 Å². The summed E-state index contributed by atoms with van der Waals surface area (Å²) >= 11 is 0. The minimum absolute atomic E-state index is 0.945. The van der Waals surface area contributed by atoms with Gasteiger partial charge < -0.3 is 0 Å². The van der Waals surface area contributed by atoms with Crippen molar-refractivity contribution in [2.24, 2.45) is 12.0 Å². The third kappa shape index (κ3) is 3.09. The van der Waals surface area contributed by atoms with Crippen LogP contribution in [0.5, 0.6) is 0 Å². The summed E-state index contributed by atoms with van der Waals surface area (Å²) in [7, 11) is 1.95. The fraction of sp³-hybridized carbons (Fsp3) is 0.0909. The molecule has 0 unspecified atom stereocenters. The largest absolute Gasteiger partial charge is 0.275 e. The maximum absolute atomic E-state index is 5.00. The molecule has 0 aliphatic carbocycles. The zero-order valence-corrected chi connectivity index (χ0v) is 14.3. The van der Waals surface area contributed by atoms with E-state index in [0.717, 1.165) is 39.0 Å². The molecule has 1 heterocycles. The van der Waals surface area contributed by atoms with Crippen LogP contribution in [0, 0.1) is 6.92 Å². The number of rotatable bonds is 3. The molecule has 0 bridgehead atoms. The Bertz CT molecular complexity index is 1000. The molecule has 122 valence electrons. The monoisotopic (exact) mass is 325 g/mol. The van der Waals surface area contributed by atoms with Crippen LogP contribution in [0.4, 0.5) is 5.69 Å². The molecule has 25 heavy (non-hydrogen) atoms. The van der Waals surface area contributed by atoms with Gasteiger partial charge in [0.1, 0.15) is 0 Å². The first-order chi connectivity index (χ1) is 12.2. The predicted molar refractivity (Wildman–Crippen MR) is 104 cm³/mol. The number of fused-ring (bicyclic) bond motifs is 1. The Kier molecular flexibility index (Phi) is 3.90. The highest BCUT2D eigenvalue weighted by molar-refractivity contribution is 6.14. The van der Waals surface area contributed by atoms with E-state index in [2.05, 4.69) is 48.4 Å². The highest BCUT2D eigenvalue weighted by atomic mass is 15.2. The summed E-state index contributed by atoms with van der Waals surface area (Å²) in [5, 5.41) is 5.63. The summed E-state index contributed by atoms with van der Waals surface area (Å²) in [5.41, 5.74) is 6.31. The van der Waals surface area contributed by atoms with E-state index >= 15 is 0 Å². The summed E-state index contributed by atoms with van der Waals surface area (Å²) in [4.78, 5) is 5.00. The van der Waals surface area contributed by atoms with Crippen LogP contribution >= 0.6 is 0 Å². The number of aromatic nitrogens is 2. The van der Waals surface area contributed by atoms with E-state index in [1.54, 1.807) is 0 Å². The first kappa shape index (κ1) is 15.3. The van der Waals surface area contributed by atoms with E-state index in [0.29, 0.717) is 0 Å². The van der Waals surface area contributed by atoms with Crippen molar-refractivity contribution >= 4 is 22.3 Å². The average Bonchev–Trinajstić information content (AvgIpc) is 3.02. The van der Waals surface area contributed by atoms with Gasteiger partial charge in [-0.05, 0) is 24.6 Å². The molecule has 0 saturated heterocycles. The lowest BCUT2D eigenvalue weighted by atomic mass is 10.0. The normalized spacial score (nSPS) is 10.8. The van der Waals surface area contributed by atoms with Crippen LogP contribution in [-0.4, -0.2) is 15.5 Å². The molecule has 4 aromatic rings. The van der Waals surface area contributed by atoms with Crippen molar-refractivity contribution in [1.82, 2.24) is 9.78 Å². The molecule has 0 radical (unpaired) electrons. The molecule has 0 saturated carbocycles. The summed E-state index contributed by atoms with van der Waals surface area (Å²) in [6, 6.07) is 24.8. The van der Waals surface area contributed by atoms with E-state index in [4.69, 9.17) is 4.99 Å². The van der Waals surface area contributed by atoms with Gasteiger partial charge in [-0.1, -0.05) is 60.7 Å². The number of hydrogen-bond donors (Lipinski definition) is 0. The molecule has 1 aromatic heterocycles. The third-order valence-electron chi connectivity index (χ3n) is 4.23. The molecule has 0 N–H and O–H groups in total. The zero-order chi connectivity index (χ0) is 17.2. The molecule has 3 nitrogen and oxygen atoms in total. The molecule has 3 aromatic carbocycles. The molecule has 3 heteroatoms. The second-order valence-corrected chi connectivity index (χ2v) is 6.20. The van der Waals surface area contributed by atoms with Gasteiger partial charge in [0.15, 0.2) is 0 Å². The summed E-state index contributed by atoms with van der Waals surface area (Å²) in [6.07, 6.45) is 2.03. The minimum atomic E-state index is 0.945. The molecule has 0 amide bonds. The Balaban J connectivity index is 1.90. The smallest absolute Gasteiger partial charge is 0.0953 e. The van der Waals surface area contributed by atoms with Crippen molar-refractivity contribution < 1.29 is 0 Å². The molecule has 0 aliphatic rings. The number of benzene rings is 3. The third-order valence-corrected chi connectivity index (χ3v) is 4.23. The van der Waals surface area contributed by atoms with Crippen LogP contribution in [0.2, 0.25) is 0 Å². The maximum atomic E-state index is 5.00. The minimum Gasteiger partial charge on any atom is -0.275 e. The first-order valence-corrected chi connectivity index (χ1v) is 8.34. The molecular weight excluding hydrogens is 306 g/mol. The molecule has 0 atom stereocenters. The van der Waals surface area contributed by atoms with Crippen molar-refractivity contribution in [3.05, 3.63) is 95.7 Å². The van der Waals surface area contributed by atoms with Crippen LogP contribution in [0.3, 0.4) is 0 Å². The fourth-order valence-electron chi connectivity index (χ4n) is 3.09. The summed E-state index contributed by atoms with van der Waals surface area (Å²) in [5.74, 6) is 0. The van der Waals surface area contributed by atoms with E-state index in [9.17, 15) is 0 Å². The van der Waals surface area contributed by atoms with Crippen molar-refractivity contribution in [3.8, 4) is 0 Å². The van der Waals surface area contributed by atoms with Crippen molar-refractivity contribution in [1.29, 1.82) is 0 Å². The average molecular weight is 325 g/mol. The van der Waals surface area contributed by atoms with Gasteiger partial charge >= 0.3 is 0 Å². The number of hydrogen-bond acceptors (Lipinski definition) is 2. The SMILES string of the molecule is Cc1cc(N=C(c2ccccc2)c2ccccc2)cc2cn(C)nc12. The highest BCUT2D eigenvalue weighted by Gasteiger charge is 2.09. The number of nitrogens with zero attached hydrogens (tertiary/aromatic N) is 3. The predicted octanol–water partition coefficient (Wildman–Crippen LogP) is 5.05. The second kappa shape index (κ2) is 6.36. The fourth-order valence-corrected chi connectivity index (χ4v) is 3.09. The van der Waals surface area contributed by atoms with Crippen molar-refractivity contribution in [3.63, 3.8) is 0 Å². The van der Waals surface area contributed by atoms with Gasteiger partial charge in [-0.2, -0.15) is 5.10 Å². The summed E-state index contributed by atoms with van der Waals surface area (Å²) < 4.78 is 1.85. The van der Waals surface area contributed by atoms with E-state index < -0.39 is 0 Å².